The standard InChI is InChI=1S/C13H16F2N2O2/c1-2-8-3-4-11(18)9(5-8)17-12(19)10-6-13(14,15)7-16-10/h3-5,10,16,18H,2,6-7H2,1H3,(H,17,19). The third kappa shape index (κ3) is 3.20. The van der Waals surface area contributed by atoms with Gasteiger partial charge in [-0.05, 0) is 24.1 Å². The summed E-state index contributed by atoms with van der Waals surface area (Å²) in [6, 6.07) is 3.93. The van der Waals surface area contributed by atoms with E-state index < -0.39 is 30.8 Å². The number of halogens is 2. The fourth-order valence-electron chi connectivity index (χ4n) is 2.02. The van der Waals surface area contributed by atoms with Crippen molar-refractivity contribution in [2.45, 2.75) is 31.7 Å². The monoisotopic (exact) mass is 270 g/mol. The Morgan fingerprint density at radius 1 is 1.58 bits per heavy atom. The Morgan fingerprint density at radius 3 is 2.89 bits per heavy atom. The van der Waals surface area contributed by atoms with Crippen LogP contribution in [0.25, 0.3) is 0 Å². The third-order valence-electron chi connectivity index (χ3n) is 3.15. The summed E-state index contributed by atoms with van der Waals surface area (Å²) in [5.41, 5.74) is 1.19. The van der Waals surface area contributed by atoms with Gasteiger partial charge in [0.2, 0.25) is 5.91 Å². The first-order valence-electron chi connectivity index (χ1n) is 6.15. The molecule has 2 rings (SSSR count). The van der Waals surface area contributed by atoms with Gasteiger partial charge in [-0.1, -0.05) is 13.0 Å². The number of anilines is 1. The van der Waals surface area contributed by atoms with Gasteiger partial charge in [-0.25, -0.2) is 8.78 Å². The van der Waals surface area contributed by atoms with Gasteiger partial charge < -0.3 is 10.4 Å². The molecule has 1 amide bonds. The van der Waals surface area contributed by atoms with E-state index in [1.165, 1.54) is 6.07 Å². The van der Waals surface area contributed by atoms with Crippen LogP contribution in [0.4, 0.5) is 14.5 Å². The van der Waals surface area contributed by atoms with Crippen LogP contribution in [0.2, 0.25) is 0 Å². The number of benzene rings is 1. The van der Waals surface area contributed by atoms with Crippen molar-refractivity contribution in [1.82, 2.24) is 5.32 Å². The zero-order valence-corrected chi connectivity index (χ0v) is 10.5. The molecule has 0 bridgehead atoms. The quantitative estimate of drug-likeness (QED) is 0.735. The average Bonchev–Trinajstić information content (AvgIpc) is 2.72. The smallest absolute Gasteiger partial charge is 0.262 e. The van der Waals surface area contributed by atoms with E-state index in [4.69, 9.17) is 0 Å². The van der Waals surface area contributed by atoms with Crippen molar-refractivity contribution in [3.63, 3.8) is 0 Å². The highest BCUT2D eigenvalue weighted by atomic mass is 19.3. The predicted octanol–water partition coefficient (Wildman–Crippen LogP) is 1.89. The molecule has 1 unspecified atom stereocenters. The number of rotatable bonds is 3. The Morgan fingerprint density at radius 2 is 2.32 bits per heavy atom. The summed E-state index contributed by atoms with van der Waals surface area (Å²) in [6.07, 6.45) is 0.232. The number of amides is 1. The number of aryl methyl sites for hydroxylation is 1. The molecule has 0 radical (unpaired) electrons. The van der Waals surface area contributed by atoms with Crippen LogP contribution in [0, 0.1) is 0 Å². The number of carbonyl (C=O) groups is 1. The lowest BCUT2D eigenvalue weighted by Crippen LogP contribution is -2.35. The zero-order valence-electron chi connectivity index (χ0n) is 10.5. The Kier molecular flexibility index (Phi) is 3.71. The van der Waals surface area contributed by atoms with Gasteiger partial charge in [-0.3, -0.25) is 10.1 Å². The minimum Gasteiger partial charge on any atom is -0.506 e. The number of aromatic hydroxyl groups is 1. The minimum atomic E-state index is -2.85. The highest BCUT2D eigenvalue weighted by Gasteiger charge is 2.42. The largest absolute Gasteiger partial charge is 0.506 e. The van der Waals surface area contributed by atoms with E-state index in [9.17, 15) is 18.7 Å². The van der Waals surface area contributed by atoms with Crippen molar-refractivity contribution >= 4 is 11.6 Å². The normalized spacial score (nSPS) is 21.3. The van der Waals surface area contributed by atoms with Gasteiger partial charge >= 0.3 is 0 Å². The Hall–Kier alpha value is -1.69. The summed E-state index contributed by atoms with van der Waals surface area (Å²) in [6.45, 7) is 1.45. The summed E-state index contributed by atoms with van der Waals surface area (Å²) in [5.74, 6) is -3.48. The molecule has 1 aromatic carbocycles. The number of hydrogen-bond donors (Lipinski definition) is 3. The van der Waals surface area contributed by atoms with E-state index in [0.717, 1.165) is 12.0 Å². The van der Waals surface area contributed by atoms with Gasteiger partial charge in [0, 0.05) is 6.42 Å². The second-order valence-electron chi connectivity index (χ2n) is 4.69. The molecule has 3 N–H and O–H groups in total. The van der Waals surface area contributed by atoms with Crippen LogP contribution in [-0.4, -0.2) is 29.5 Å². The minimum absolute atomic E-state index is 0.0738. The van der Waals surface area contributed by atoms with Crippen molar-refractivity contribution in [3.05, 3.63) is 23.8 Å². The van der Waals surface area contributed by atoms with E-state index in [0.29, 0.717) is 0 Å². The highest BCUT2D eigenvalue weighted by Crippen LogP contribution is 2.28. The molecule has 1 saturated heterocycles. The lowest BCUT2D eigenvalue weighted by molar-refractivity contribution is -0.118. The molecule has 4 nitrogen and oxygen atoms in total. The summed E-state index contributed by atoms with van der Waals surface area (Å²) < 4.78 is 26.0. The molecule has 1 aliphatic rings. The van der Waals surface area contributed by atoms with Crippen LogP contribution in [0.5, 0.6) is 5.75 Å². The van der Waals surface area contributed by atoms with E-state index >= 15 is 0 Å². The lowest BCUT2D eigenvalue weighted by atomic mass is 10.1. The van der Waals surface area contributed by atoms with Crippen LogP contribution in [-0.2, 0) is 11.2 Å². The van der Waals surface area contributed by atoms with Crippen LogP contribution < -0.4 is 10.6 Å². The molecule has 0 aromatic heterocycles. The van der Waals surface area contributed by atoms with Gasteiger partial charge in [0.25, 0.3) is 5.92 Å². The van der Waals surface area contributed by atoms with Gasteiger partial charge in [-0.15, -0.1) is 0 Å². The highest BCUT2D eigenvalue weighted by molar-refractivity contribution is 5.96. The molecule has 1 aromatic rings. The van der Waals surface area contributed by atoms with Crippen LogP contribution in [0.1, 0.15) is 18.9 Å². The van der Waals surface area contributed by atoms with Crippen LogP contribution in [0.3, 0.4) is 0 Å². The number of alkyl halides is 2. The summed E-state index contributed by atoms with van der Waals surface area (Å²) in [7, 11) is 0. The number of nitrogens with one attached hydrogen (secondary N) is 2. The Bertz CT molecular complexity index is 492. The van der Waals surface area contributed by atoms with E-state index in [-0.39, 0.29) is 11.4 Å². The first-order chi connectivity index (χ1) is 8.91. The van der Waals surface area contributed by atoms with Crippen molar-refractivity contribution in [2.24, 2.45) is 0 Å². The number of phenolic OH excluding ortho intramolecular Hbond substituents is 1. The van der Waals surface area contributed by atoms with Crippen molar-refractivity contribution in [1.29, 1.82) is 0 Å². The molecule has 0 spiro atoms. The third-order valence-corrected chi connectivity index (χ3v) is 3.15. The molecule has 19 heavy (non-hydrogen) atoms. The van der Waals surface area contributed by atoms with Crippen LogP contribution >= 0.6 is 0 Å². The topological polar surface area (TPSA) is 61.4 Å². The van der Waals surface area contributed by atoms with E-state index in [1.807, 2.05) is 6.92 Å². The maximum atomic E-state index is 13.0. The summed E-state index contributed by atoms with van der Waals surface area (Å²) >= 11 is 0. The van der Waals surface area contributed by atoms with E-state index in [2.05, 4.69) is 10.6 Å². The molecule has 1 heterocycles. The molecular formula is C13H16F2N2O2. The molecule has 1 fully saturated rings. The zero-order chi connectivity index (χ0) is 14.0. The van der Waals surface area contributed by atoms with Crippen molar-refractivity contribution in [3.8, 4) is 5.75 Å². The first kappa shape index (κ1) is 13.7. The fraction of sp³-hybridized carbons (Fsp3) is 0.462. The Labute approximate surface area is 109 Å². The fourth-order valence-corrected chi connectivity index (χ4v) is 2.02. The van der Waals surface area contributed by atoms with Crippen molar-refractivity contribution in [2.75, 3.05) is 11.9 Å². The second kappa shape index (κ2) is 5.13. The number of carbonyl (C=O) groups excluding carboxylic acids is 1. The van der Waals surface area contributed by atoms with Crippen molar-refractivity contribution < 1.29 is 18.7 Å². The molecule has 1 aliphatic heterocycles. The maximum absolute atomic E-state index is 13.0. The molecule has 104 valence electrons. The van der Waals surface area contributed by atoms with Crippen LogP contribution in [0.15, 0.2) is 18.2 Å². The van der Waals surface area contributed by atoms with Gasteiger partial charge in [0.15, 0.2) is 0 Å². The molecular weight excluding hydrogens is 254 g/mol. The molecule has 0 aliphatic carbocycles. The van der Waals surface area contributed by atoms with Gasteiger partial charge in [-0.2, -0.15) is 0 Å². The summed E-state index contributed by atoms with van der Waals surface area (Å²) in [4.78, 5) is 11.8. The lowest BCUT2D eigenvalue weighted by Gasteiger charge is -2.13. The van der Waals surface area contributed by atoms with Gasteiger partial charge in [0.05, 0.1) is 18.3 Å². The maximum Gasteiger partial charge on any atom is 0.262 e. The number of hydrogen-bond acceptors (Lipinski definition) is 3. The average molecular weight is 270 g/mol. The predicted molar refractivity (Wildman–Crippen MR) is 67.5 cm³/mol. The molecule has 0 saturated carbocycles. The summed E-state index contributed by atoms with van der Waals surface area (Å²) in [5, 5.41) is 14.6. The number of phenols is 1. The SMILES string of the molecule is CCc1ccc(O)c(NC(=O)C2CC(F)(F)CN2)c1. The Balaban J connectivity index is 2.07. The molecule has 1 atom stereocenters. The second-order valence-corrected chi connectivity index (χ2v) is 4.69. The first-order valence-corrected chi connectivity index (χ1v) is 6.15. The molecule has 6 heteroatoms. The van der Waals surface area contributed by atoms with E-state index in [1.54, 1.807) is 12.1 Å². The van der Waals surface area contributed by atoms with Gasteiger partial charge in [0.1, 0.15) is 5.75 Å².